The molecule has 0 spiro atoms. The van der Waals surface area contributed by atoms with Crippen LogP contribution < -0.4 is 5.73 Å². The summed E-state index contributed by atoms with van der Waals surface area (Å²) in [5.74, 6) is -0.371. The maximum atomic E-state index is 10.3. The average molecular weight is 147 g/mol. The van der Waals surface area contributed by atoms with E-state index in [1.54, 1.807) is 0 Å². The average Bonchev–Trinajstić information content (AvgIpc) is 1.86. The van der Waals surface area contributed by atoms with Gasteiger partial charge in [0.2, 0.25) is 6.29 Å². The van der Waals surface area contributed by atoms with Crippen molar-refractivity contribution in [1.29, 1.82) is 0 Å². The lowest BCUT2D eigenvalue weighted by molar-refractivity contribution is -0.172. The van der Waals surface area contributed by atoms with E-state index in [4.69, 9.17) is 10.5 Å². The predicted octanol–water partition coefficient (Wildman–Crippen LogP) is -0.129. The molecular formula is C6H13NO3. The Morgan fingerprint density at radius 2 is 2.30 bits per heavy atom. The van der Waals surface area contributed by atoms with Crippen molar-refractivity contribution in [3.63, 3.8) is 0 Å². The second-order valence-corrected chi connectivity index (χ2v) is 1.73. The summed E-state index contributed by atoms with van der Waals surface area (Å²) in [5.41, 5.74) is 5.20. The Balaban J connectivity index is 3.49. The molecule has 0 rings (SSSR count). The lowest BCUT2D eigenvalue weighted by Crippen LogP contribution is -2.28. The first-order valence-electron chi connectivity index (χ1n) is 3.19. The van der Waals surface area contributed by atoms with Crippen LogP contribution in [-0.2, 0) is 14.3 Å². The van der Waals surface area contributed by atoms with Crippen LogP contribution >= 0.6 is 0 Å². The van der Waals surface area contributed by atoms with E-state index in [9.17, 15) is 4.79 Å². The van der Waals surface area contributed by atoms with E-state index < -0.39 is 6.29 Å². The Kier molecular flexibility index (Phi) is 4.88. The summed E-state index contributed by atoms with van der Waals surface area (Å²) >= 11 is 0. The van der Waals surface area contributed by atoms with Crippen molar-refractivity contribution in [1.82, 2.24) is 0 Å². The molecule has 0 heterocycles. The van der Waals surface area contributed by atoms with Crippen LogP contribution in [0.4, 0.5) is 0 Å². The molecule has 0 radical (unpaired) electrons. The van der Waals surface area contributed by atoms with Gasteiger partial charge in [-0.15, -0.1) is 0 Å². The minimum atomic E-state index is -0.581. The van der Waals surface area contributed by atoms with E-state index in [-0.39, 0.29) is 12.5 Å². The van der Waals surface area contributed by atoms with E-state index in [0.717, 1.165) is 0 Å². The number of carbonyl (C=O) groups excluding carboxylic acids is 1. The van der Waals surface area contributed by atoms with E-state index in [1.165, 1.54) is 6.92 Å². The Morgan fingerprint density at radius 3 is 2.60 bits per heavy atom. The van der Waals surface area contributed by atoms with Gasteiger partial charge >= 0.3 is 5.97 Å². The van der Waals surface area contributed by atoms with Gasteiger partial charge in [-0.2, -0.15) is 0 Å². The van der Waals surface area contributed by atoms with Crippen LogP contribution in [0.25, 0.3) is 0 Å². The van der Waals surface area contributed by atoms with Crippen molar-refractivity contribution in [2.75, 3.05) is 13.2 Å². The van der Waals surface area contributed by atoms with Crippen molar-refractivity contribution >= 4 is 5.97 Å². The van der Waals surface area contributed by atoms with Crippen molar-refractivity contribution in [3.05, 3.63) is 0 Å². The highest BCUT2D eigenvalue weighted by Crippen LogP contribution is 1.91. The molecule has 4 heteroatoms. The van der Waals surface area contributed by atoms with Crippen molar-refractivity contribution in [3.8, 4) is 0 Å². The molecule has 0 amide bonds. The van der Waals surface area contributed by atoms with Crippen LogP contribution in [0.2, 0.25) is 0 Å². The fourth-order valence-corrected chi connectivity index (χ4v) is 0.521. The molecule has 2 N–H and O–H groups in total. The summed E-state index contributed by atoms with van der Waals surface area (Å²) in [7, 11) is 0. The van der Waals surface area contributed by atoms with Gasteiger partial charge in [-0.1, -0.05) is 0 Å². The molecule has 10 heavy (non-hydrogen) atoms. The Labute approximate surface area is 60.3 Å². The zero-order valence-corrected chi connectivity index (χ0v) is 6.29. The summed E-state index contributed by atoms with van der Waals surface area (Å²) in [6.07, 6.45) is -0.581. The molecule has 0 aliphatic rings. The first kappa shape index (κ1) is 9.39. The Morgan fingerprint density at radius 1 is 1.70 bits per heavy atom. The lowest BCUT2D eigenvalue weighted by atomic mass is 10.6. The molecule has 0 saturated heterocycles. The molecule has 0 saturated carbocycles. The quantitative estimate of drug-likeness (QED) is 0.444. The third kappa shape index (κ3) is 4.29. The number of carbonyl (C=O) groups is 1. The van der Waals surface area contributed by atoms with Crippen molar-refractivity contribution in [2.24, 2.45) is 5.73 Å². The van der Waals surface area contributed by atoms with Gasteiger partial charge in [-0.25, -0.2) is 0 Å². The molecule has 0 aliphatic heterocycles. The first-order chi connectivity index (χ1) is 4.70. The van der Waals surface area contributed by atoms with Gasteiger partial charge < -0.3 is 15.2 Å². The van der Waals surface area contributed by atoms with Crippen LogP contribution in [0.5, 0.6) is 0 Å². The van der Waals surface area contributed by atoms with Gasteiger partial charge in [0.1, 0.15) is 0 Å². The topological polar surface area (TPSA) is 61.6 Å². The highest BCUT2D eigenvalue weighted by atomic mass is 16.7. The highest BCUT2D eigenvalue weighted by Gasteiger charge is 2.07. The largest absolute Gasteiger partial charge is 0.435 e. The standard InChI is InChI=1S/C6H13NO3/c1-3-9-6(4-7)10-5(2)8/h6H,3-4,7H2,1-2H3/t6-/m1/s1. The molecule has 0 aliphatic carbocycles. The van der Waals surface area contributed by atoms with Gasteiger partial charge in [0.15, 0.2) is 0 Å². The van der Waals surface area contributed by atoms with Crippen molar-refractivity contribution in [2.45, 2.75) is 20.1 Å². The number of hydrogen-bond donors (Lipinski definition) is 1. The molecule has 4 nitrogen and oxygen atoms in total. The highest BCUT2D eigenvalue weighted by molar-refractivity contribution is 5.66. The third-order valence-corrected chi connectivity index (χ3v) is 0.842. The van der Waals surface area contributed by atoms with E-state index >= 15 is 0 Å². The molecule has 1 atom stereocenters. The first-order valence-corrected chi connectivity index (χ1v) is 3.19. The van der Waals surface area contributed by atoms with Gasteiger partial charge in [-0.3, -0.25) is 4.79 Å². The van der Waals surface area contributed by atoms with E-state index in [0.29, 0.717) is 6.61 Å². The zero-order chi connectivity index (χ0) is 7.98. The smallest absolute Gasteiger partial charge is 0.304 e. The molecule has 0 unspecified atom stereocenters. The molecule has 0 fully saturated rings. The van der Waals surface area contributed by atoms with Gasteiger partial charge in [0.05, 0.1) is 6.54 Å². The monoisotopic (exact) mass is 147 g/mol. The maximum absolute atomic E-state index is 10.3. The SMILES string of the molecule is CCO[C@@H](CN)OC(C)=O. The van der Waals surface area contributed by atoms with Gasteiger partial charge in [-0.05, 0) is 6.92 Å². The number of esters is 1. The Bertz CT molecular complexity index is 105. The predicted molar refractivity (Wildman–Crippen MR) is 36.2 cm³/mol. The van der Waals surface area contributed by atoms with E-state index in [1.807, 2.05) is 6.92 Å². The lowest BCUT2D eigenvalue weighted by Gasteiger charge is -2.13. The van der Waals surface area contributed by atoms with Gasteiger partial charge in [0.25, 0.3) is 0 Å². The number of ether oxygens (including phenoxy) is 2. The number of hydrogen-bond acceptors (Lipinski definition) is 4. The minimum absolute atomic E-state index is 0.202. The van der Waals surface area contributed by atoms with Gasteiger partial charge in [0, 0.05) is 13.5 Å². The molecule has 60 valence electrons. The zero-order valence-electron chi connectivity index (χ0n) is 6.29. The van der Waals surface area contributed by atoms with Crippen molar-refractivity contribution < 1.29 is 14.3 Å². The normalized spacial score (nSPS) is 12.7. The fourth-order valence-electron chi connectivity index (χ4n) is 0.521. The summed E-state index contributed by atoms with van der Waals surface area (Å²) in [6, 6.07) is 0. The fraction of sp³-hybridized carbons (Fsp3) is 0.833. The minimum Gasteiger partial charge on any atom is -0.435 e. The summed E-state index contributed by atoms with van der Waals surface area (Å²) in [5, 5.41) is 0. The molecule has 0 aromatic heterocycles. The van der Waals surface area contributed by atoms with E-state index in [2.05, 4.69) is 4.74 Å². The number of rotatable bonds is 4. The molecular weight excluding hydrogens is 134 g/mol. The summed E-state index contributed by atoms with van der Waals surface area (Å²) < 4.78 is 9.59. The maximum Gasteiger partial charge on any atom is 0.304 e. The summed E-state index contributed by atoms with van der Waals surface area (Å²) in [6.45, 7) is 3.83. The number of nitrogens with two attached hydrogens (primary N) is 1. The van der Waals surface area contributed by atoms with Crippen LogP contribution in [-0.4, -0.2) is 25.4 Å². The molecule has 0 aromatic rings. The van der Waals surface area contributed by atoms with Crippen LogP contribution in [0.15, 0.2) is 0 Å². The Hall–Kier alpha value is -0.610. The van der Waals surface area contributed by atoms with Crippen LogP contribution in [0.1, 0.15) is 13.8 Å². The molecule has 0 bridgehead atoms. The molecule has 0 aromatic carbocycles. The summed E-state index contributed by atoms with van der Waals surface area (Å²) in [4.78, 5) is 10.3. The third-order valence-electron chi connectivity index (χ3n) is 0.842. The van der Waals surface area contributed by atoms with Crippen LogP contribution in [0, 0.1) is 0 Å². The van der Waals surface area contributed by atoms with Crippen LogP contribution in [0.3, 0.4) is 0 Å². The second kappa shape index (κ2) is 5.20. The second-order valence-electron chi connectivity index (χ2n) is 1.73.